The van der Waals surface area contributed by atoms with Gasteiger partial charge in [0.25, 0.3) is 15.7 Å². The smallest absolute Gasteiger partial charge is 0.285 e. The summed E-state index contributed by atoms with van der Waals surface area (Å²) in [6.45, 7) is 1.63. The van der Waals surface area contributed by atoms with Gasteiger partial charge in [0.1, 0.15) is 0 Å². The van der Waals surface area contributed by atoms with Gasteiger partial charge in [0.15, 0.2) is 5.37 Å². The molecule has 7 nitrogen and oxygen atoms in total. The zero-order chi connectivity index (χ0) is 15.8. The van der Waals surface area contributed by atoms with Crippen molar-refractivity contribution in [3.05, 3.63) is 51.9 Å². The summed E-state index contributed by atoms with van der Waals surface area (Å²) in [5.41, 5.74) is 0.592. The van der Waals surface area contributed by atoms with E-state index in [2.05, 4.69) is 5.32 Å². The summed E-state index contributed by atoms with van der Waals surface area (Å²) in [6.07, 6.45) is 0. The lowest BCUT2D eigenvalue weighted by atomic mass is 10.2. The maximum absolute atomic E-state index is 12.6. The van der Waals surface area contributed by atoms with Gasteiger partial charge in [0.05, 0.1) is 11.3 Å². The molecule has 114 valence electrons. The number of aromatic nitrogens is 2. The third kappa shape index (κ3) is 2.65. The first kappa shape index (κ1) is 15.5. The minimum Gasteiger partial charge on any atom is -0.298 e. The van der Waals surface area contributed by atoms with Gasteiger partial charge in [-0.3, -0.25) is 19.3 Å². The molecule has 1 aromatic carbocycles. The van der Waals surface area contributed by atoms with Crippen molar-refractivity contribution in [1.82, 2.24) is 14.7 Å². The van der Waals surface area contributed by atoms with Crippen LogP contribution in [0.25, 0.3) is 5.69 Å². The summed E-state index contributed by atoms with van der Waals surface area (Å²) in [6, 6.07) is 8.86. The van der Waals surface area contributed by atoms with E-state index >= 15 is 0 Å². The third-order valence-electron chi connectivity index (χ3n) is 3.42. The van der Waals surface area contributed by atoms with Crippen molar-refractivity contribution in [2.75, 3.05) is 7.05 Å². The topological polar surface area (TPSA) is 93.3 Å². The predicted molar refractivity (Wildman–Crippen MR) is 79.1 cm³/mol. The minimum atomic E-state index is -4.44. The van der Waals surface area contributed by atoms with Crippen molar-refractivity contribution in [2.45, 2.75) is 12.3 Å². The predicted octanol–water partition coefficient (Wildman–Crippen LogP) is 0.590. The van der Waals surface area contributed by atoms with Crippen LogP contribution in [0.4, 0.5) is 0 Å². The van der Waals surface area contributed by atoms with Gasteiger partial charge in [-0.15, -0.1) is 0 Å². The van der Waals surface area contributed by atoms with Crippen LogP contribution in [-0.4, -0.2) is 29.4 Å². The Kier molecular flexibility index (Phi) is 4.04. The molecule has 2 rings (SSSR count). The highest BCUT2D eigenvalue weighted by molar-refractivity contribution is 7.86. The number of rotatable bonds is 4. The van der Waals surface area contributed by atoms with E-state index < -0.39 is 21.1 Å². The number of hydrogen-bond donors (Lipinski definition) is 2. The van der Waals surface area contributed by atoms with Crippen LogP contribution in [0.2, 0.25) is 0 Å². The van der Waals surface area contributed by atoms with Crippen molar-refractivity contribution < 1.29 is 13.0 Å². The molecule has 1 aromatic heterocycles. The van der Waals surface area contributed by atoms with Crippen LogP contribution in [0.5, 0.6) is 0 Å². The zero-order valence-corrected chi connectivity index (χ0v) is 12.8. The fraction of sp³-hybridized carbons (Fsp3) is 0.308. The summed E-state index contributed by atoms with van der Waals surface area (Å²) in [5, 5.41) is 1.01. The Bertz CT molecular complexity index is 806. The molecule has 8 heteroatoms. The molecular weight excluding hydrogens is 294 g/mol. The van der Waals surface area contributed by atoms with Gasteiger partial charge in [-0.25, -0.2) is 4.68 Å². The maximum Gasteiger partial charge on any atom is 0.285 e. The monoisotopic (exact) mass is 311 g/mol. The molecule has 2 N–H and O–H groups in total. The summed E-state index contributed by atoms with van der Waals surface area (Å²) < 4.78 is 35.1. The molecule has 0 saturated heterocycles. The highest BCUT2D eigenvalue weighted by Gasteiger charge is 2.31. The Balaban J connectivity index is 2.75. The van der Waals surface area contributed by atoms with Gasteiger partial charge in [0, 0.05) is 12.7 Å². The second kappa shape index (κ2) is 5.47. The van der Waals surface area contributed by atoms with Gasteiger partial charge in [0.2, 0.25) is 0 Å². The highest BCUT2D eigenvalue weighted by atomic mass is 32.2. The molecule has 0 radical (unpaired) electrons. The second-order valence-electron chi connectivity index (χ2n) is 4.66. The van der Waals surface area contributed by atoms with E-state index in [9.17, 15) is 17.8 Å². The lowest BCUT2D eigenvalue weighted by Crippen LogP contribution is -2.31. The normalized spacial score (nSPS) is 13.3. The molecule has 0 amide bonds. The van der Waals surface area contributed by atoms with Gasteiger partial charge in [-0.05, 0) is 26.1 Å². The molecule has 0 aliphatic rings. The highest BCUT2D eigenvalue weighted by Crippen LogP contribution is 2.20. The molecule has 0 aliphatic carbocycles. The fourth-order valence-electron chi connectivity index (χ4n) is 2.33. The van der Waals surface area contributed by atoms with Crippen LogP contribution in [-0.2, 0) is 17.2 Å². The summed E-state index contributed by atoms with van der Waals surface area (Å²) >= 11 is 0. The van der Waals surface area contributed by atoms with E-state index in [1.807, 2.05) is 6.07 Å². The molecule has 1 unspecified atom stereocenters. The first-order valence-electron chi connectivity index (χ1n) is 6.26. The average Bonchev–Trinajstić information content (AvgIpc) is 2.63. The molecule has 2 aromatic rings. The van der Waals surface area contributed by atoms with Gasteiger partial charge >= 0.3 is 0 Å². The van der Waals surface area contributed by atoms with Gasteiger partial charge in [-0.2, -0.15) is 8.42 Å². The SMILES string of the molecule is CNC(c1c(C)n(C)n(-c2ccccc2)c1=O)S(=O)(=O)O. The molecule has 0 fully saturated rings. The van der Waals surface area contributed by atoms with E-state index in [1.54, 1.807) is 42.9 Å². The van der Waals surface area contributed by atoms with Crippen molar-refractivity contribution in [3.8, 4) is 5.69 Å². The molecule has 1 heterocycles. The molecule has 0 spiro atoms. The van der Waals surface area contributed by atoms with E-state index in [0.717, 1.165) is 0 Å². The molecule has 0 aliphatic heterocycles. The standard InChI is InChI=1S/C13H17N3O4S/c1-9-11(12(14-2)21(18,19)20)13(17)16(15(9)3)10-7-5-4-6-8-10/h4-8,12,14H,1-3H3,(H,18,19,20). The number of nitrogens with one attached hydrogen (secondary N) is 1. The van der Waals surface area contributed by atoms with Crippen molar-refractivity contribution in [3.63, 3.8) is 0 Å². The summed E-state index contributed by atoms with van der Waals surface area (Å²) in [7, 11) is -1.41. The Morgan fingerprint density at radius 1 is 1.24 bits per heavy atom. The maximum atomic E-state index is 12.6. The number of benzene rings is 1. The minimum absolute atomic E-state index is 0.00588. The fourth-order valence-corrected chi connectivity index (χ4v) is 3.20. The lowest BCUT2D eigenvalue weighted by Gasteiger charge is -2.11. The van der Waals surface area contributed by atoms with E-state index in [4.69, 9.17) is 0 Å². The molecule has 0 saturated carbocycles. The first-order chi connectivity index (χ1) is 9.79. The Morgan fingerprint density at radius 3 is 2.29 bits per heavy atom. The zero-order valence-electron chi connectivity index (χ0n) is 11.9. The number of hydrogen-bond acceptors (Lipinski definition) is 4. The van der Waals surface area contributed by atoms with Crippen LogP contribution in [0.3, 0.4) is 0 Å². The lowest BCUT2D eigenvalue weighted by molar-refractivity contribution is 0.459. The Hall–Kier alpha value is -1.90. The summed E-state index contributed by atoms with van der Waals surface area (Å²) in [4.78, 5) is 12.6. The Morgan fingerprint density at radius 2 is 1.81 bits per heavy atom. The largest absolute Gasteiger partial charge is 0.298 e. The first-order valence-corrected chi connectivity index (χ1v) is 7.77. The second-order valence-corrected chi connectivity index (χ2v) is 6.16. The quantitative estimate of drug-likeness (QED) is 0.806. The van der Waals surface area contributed by atoms with Crippen LogP contribution in [0, 0.1) is 6.92 Å². The van der Waals surface area contributed by atoms with Crippen molar-refractivity contribution in [1.29, 1.82) is 0 Å². The summed E-state index contributed by atoms with van der Waals surface area (Å²) in [5.74, 6) is 0. The van der Waals surface area contributed by atoms with E-state index in [1.165, 1.54) is 11.7 Å². The van der Waals surface area contributed by atoms with Crippen LogP contribution >= 0.6 is 0 Å². The van der Waals surface area contributed by atoms with Gasteiger partial charge in [-0.1, -0.05) is 18.2 Å². The number of nitrogens with zero attached hydrogens (tertiary/aromatic N) is 2. The third-order valence-corrected chi connectivity index (χ3v) is 4.49. The van der Waals surface area contributed by atoms with E-state index in [0.29, 0.717) is 11.4 Å². The number of para-hydroxylation sites is 1. The van der Waals surface area contributed by atoms with Crippen LogP contribution < -0.4 is 10.9 Å². The van der Waals surface area contributed by atoms with E-state index in [-0.39, 0.29) is 5.56 Å². The van der Waals surface area contributed by atoms with Gasteiger partial charge < -0.3 is 0 Å². The Labute approximate surface area is 122 Å². The van der Waals surface area contributed by atoms with Crippen molar-refractivity contribution >= 4 is 10.1 Å². The average molecular weight is 311 g/mol. The molecular formula is C13H17N3O4S. The van der Waals surface area contributed by atoms with Crippen LogP contribution in [0.1, 0.15) is 16.6 Å². The molecule has 0 bridgehead atoms. The van der Waals surface area contributed by atoms with Crippen LogP contribution in [0.15, 0.2) is 35.1 Å². The molecule has 21 heavy (non-hydrogen) atoms. The molecule has 1 atom stereocenters. The van der Waals surface area contributed by atoms with Crippen molar-refractivity contribution in [2.24, 2.45) is 7.05 Å².